The Balaban J connectivity index is 1.51. The summed E-state index contributed by atoms with van der Waals surface area (Å²) in [5.74, 6) is 0.942. The van der Waals surface area contributed by atoms with Crippen LogP contribution in [-0.2, 0) is 11.2 Å². The molecule has 20 heavy (non-hydrogen) atoms. The van der Waals surface area contributed by atoms with Gasteiger partial charge in [-0.3, -0.25) is 4.79 Å². The molecule has 2 N–H and O–H groups in total. The molecule has 0 spiro atoms. The van der Waals surface area contributed by atoms with Gasteiger partial charge >= 0.3 is 0 Å². The van der Waals surface area contributed by atoms with Gasteiger partial charge < -0.3 is 10.6 Å². The minimum Gasteiger partial charge on any atom is -0.356 e. The third-order valence-electron chi connectivity index (χ3n) is 3.73. The van der Waals surface area contributed by atoms with E-state index >= 15 is 0 Å². The second-order valence-corrected chi connectivity index (χ2v) is 7.96. The zero-order valence-corrected chi connectivity index (χ0v) is 14.2. The van der Waals surface area contributed by atoms with E-state index in [1.807, 2.05) is 0 Å². The highest BCUT2D eigenvalue weighted by molar-refractivity contribution is 9.11. The third-order valence-corrected chi connectivity index (χ3v) is 5.41. The van der Waals surface area contributed by atoms with Crippen molar-refractivity contribution in [3.05, 3.63) is 20.8 Å². The Morgan fingerprint density at radius 2 is 2.40 bits per heavy atom. The molecule has 1 aromatic heterocycles. The topological polar surface area (TPSA) is 41.1 Å². The summed E-state index contributed by atoms with van der Waals surface area (Å²) in [6.45, 7) is 3.10. The van der Waals surface area contributed by atoms with Crippen molar-refractivity contribution in [3.8, 4) is 0 Å². The van der Waals surface area contributed by atoms with E-state index in [4.69, 9.17) is 0 Å². The molecule has 3 nitrogen and oxygen atoms in total. The van der Waals surface area contributed by atoms with E-state index in [2.05, 4.69) is 38.7 Å². The molecular formula is C15H23BrN2OS. The van der Waals surface area contributed by atoms with Gasteiger partial charge in [0.2, 0.25) is 5.91 Å². The van der Waals surface area contributed by atoms with E-state index in [9.17, 15) is 4.79 Å². The SMILES string of the molecule is O=C(CCCc1ccc(Br)s1)NCCC1CCCNC1. The number of amides is 1. The number of nitrogens with one attached hydrogen (secondary N) is 2. The van der Waals surface area contributed by atoms with Crippen LogP contribution in [-0.4, -0.2) is 25.5 Å². The lowest BCUT2D eigenvalue weighted by Crippen LogP contribution is -2.33. The summed E-state index contributed by atoms with van der Waals surface area (Å²) in [6.07, 6.45) is 6.25. The van der Waals surface area contributed by atoms with Gasteiger partial charge in [0.25, 0.3) is 0 Å². The number of thiophene rings is 1. The molecule has 1 unspecified atom stereocenters. The molecule has 1 atom stereocenters. The fourth-order valence-corrected chi connectivity index (χ4v) is 4.11. The van der Waals surface area contributed by atoms with Crippen LogP contribution in [0.15, 0.2) is 15.9 Å². The monoisotopic (exact) mass is 358 g/mol. The molecule has 1 saturated heterocycles. The Kier molecular flexibility index (Phi) is 7.03. The van der Waals surface area contributed by atoms with Gasteiger partial charge in [0.15, 0.2) is 0 Å². The number of carbonyl (C=O) groups is 1. The summed E-state index contributed by atoms with van der Waals surface area (Å²) in [5.41, 5.74) is 0. The molecule has 2 heterocycles. The van der Waals surface area contributed by atoms with E-state index in [0.717, 1.165) is 48.6 Å². The summed E-state index contributed by atoms with van der Waals surface area (Å²) in [7, 11) is 0. The van der Waals surface area contributed by atoms with Gasteiger partial charge in [0, 0.05) is 17.8 Å². The van der Waals surface area contributed by atoms with Gasteiger partial charge in [-0.15, -0.1) is 11.3 Å². The maximum atomic E-state index is 11.7. The van der Waals surface area contributed by atoms with Crippen LogP contribution in [0.3, 0.4) is 0 Å². The summed E-state index contributed by atoms with van der Waals surface area (Å²) < 4.78 is 1.16. The van der Waals surface area contributed by atoms with Crippen molar-refractivity contribution in [3.63, 3.8) is 0 Å². The van der Waals surface area contributed by atoms with Gasteiger partial charge in [0.1, 0.15) is 0 Å². The highest BCUT2D eigenvalue weighted by Gasteiger charge is 2.12. The summed E-state index contributed by atoms with van der Waals surface area (Å²) in [6, 6.07) is 4.20. The number of piperidine rings is 1. The lowest BCUT2D eigenvalue weighted by Gasteiger charge is -2.22. The molecule has 0 bridgehead atoms. The second kappa shape index (κ2) is 8.80. The van der Waals surface area contributed by atoms with Crippen LogP contribution in [0.25, 0.3) is 0 Å². The van der Waals surface area contributed by atoms with E-state index < -0.39 is 0 Å². The Bertz CT molecular complexity index is 416. The first kappa shape index (κ1) is 16.0. The molecule has 1 amide bonds. The van der Waals surface area contributed by atoms with Crippen LogP contribution in [0, 0.1) is 5.92 Å². The van der Waals surface area contributed by atoms with Gasteiger partial charge in [-0.2, -0.15) is 0 Å². The molecule has 5 heteroatoms. The van der Waals surface area contributed by atoms with Gasteiger partial charge in [0.05, 0.1) is 3.79 Å². The largest absolute Gasteiger partial charge is 0.356 e. The number of hydrogen-bond acceptors (Lipinski definition) is 3. The Labute approximate surface area is 133 Å². The summed E-state index contributed by atoms with van der Waals surface area (Å²) >= 11 is 5.21. The molecule has 0 aromatic carbocycles. The molecule has 0 aliphatic carbocycles. The van der Waals surface area contributed by atoms with Crippen LogP contribution in [0.4, 0.5) is 0 Å². The molecule has 1 aromatic rings. The van der Waals surface area contributed by atoms with Crippen molar-refractivity contribution in [2.24, 2.45) is 5.92 Å². The van der Waals surface area contributed by atoms with Crippen molar-refractivity contribution in [2.45, 2.75) is 38.5 Å². The third kappa shape index (κ3) is 5.94. The van der Waals surface area contributed by atoms with Crippen LogP contribution >= 0.6 is 27.3 Å². The number of rotatable bonds is 7. The van der Waals surface area contributed by atoms with Gasteiger partial charge in [-0.1, -0.05) is 0 Å². The molecule has 1 aliphatic heterocycles. The highest BCUT2D eigenvalue weighted by Crippen LogP contribution is 2.23. The smallest absolute Gasteiger partial charge is 0.220 e. The molecule has 0 saturated carbocycles. The molecule has 2 rings (SSSR count). The van der Waals surface area contributed by atoms with Crippen LogP contribution < -0.4 is 10.6 Å². The highest BCUT2D eigenvalue weighted by atomic mass is 79.9. The Morgan fingerprint density at radius 3 is 3.10 bits per heavy atom. The average Bonchev–Trinajstić information content (AvgIpc) is 2.86. The first-order valence-electron chi connectivity index (χ1n) is 7.45. The lowest BCUT2D eigenvalue weighted by atomic mass is 9.96. The predicted molar refractivity (Wildman–Crippen MR) is 88.2 cm³/mol. The number of hydrogen-bond donors (Lipinski definition) is 2. The first-order chi connectivity index (χ1) is 9.74. The van der Waals surface area contributed by atoms with E-state index in [1.54, 1.807) is 11.3 Å². The summed E-state index contributed by atoms with van der Waals surface area (Å²) in [5, 5.41) is 6.46. The second-order valence-electron chi connectivity index (χ2n) is 5.41. The number of aryl methyl sites for hydroxylation is 1. The fraction of sp³-hybridized carbons (Fsp3) is 0.667. The Hall–Kier alpha value is -0.390. The van der Waals surface area contributed by atoms with Crippen molar-refractivity contribution >= 4 is 33.2 Å². The van der Waals surface area contributed by atoms with Gasteiger partial charge in [-0.25, -0.2) is 0 Å². The van der Waals surface area contributed by atoms with E-state index in [-0.39, 0.29) is 5.91 Å². The zero-order chi connectivity index (χ0) is 14.2. The summed E-state index contributed by atoms with van der Waals surface area (Å²) in [4.78, 5) is 13.1. The van der Waals surface area contributed by atoms with Gasteiger partial charge in [-0.05, 0) is 79.2 Å². The lowest BCUT2D eigenvalue weighted by molar-refractivity contribution is -0.121. The maximum Gasteiger partial charge on any atom is 0.220 e. The molecule has 112 valence electrons. The maximum absolute atomic E-state index is 11.7. The van der Waals surface area contributed by atoms with Crippen molar-refractivity contribution in [2.75, 3.05) is 19.6 Å². The van der Waals surface area contributed by atoms with Crippen molar-refractivity contribution < 1.29 is 4.79 Å². The van der Waals surface area contributed by atoms with Crippen LogP contribution in [0.5, 0.6) is 0 Å². The standard InChI is InChI=1S/C15H23BrN2OS/c16-14-7-6-13(20-14)4-1-5-15(19)18-10-8-12-3-2-9-17-11-12/h6-7,12,17H,1-5,8-11H2,(H,18,19). The van der Waals surface area contributed by atoms with Crippen molar-refractivity contribution in [1.29, 1.82) is 0 Å². The van der Waals surface area contributed by atoms with Crippen LogP contribution in [0.2, 0.25) is 0 Å². The molecule has 1 fully saturated rings. The number of carbonyl (C=O) groups excluding carboxylic acids is 1. The Morgan fingerprint density at radius 1 is 1.50 bits per heavy atom. The number of halogens is 1. The minimum atomic E-state index is 0.199. The predicted octanol–water partition coefficient (Wildman–Crippen LogP) is 3.34. The minimum absolute atomic E-state index is 0.199. The normalized spacial score (nSPS) is 18.9. The quantitative estimate of drug-likeness (QED) is 0.784. The van der Waals surface area contributed by atoms with E-state index in [1.165, 1.54) is 17.7 Å². The van der Waals surface area contributed by atoms with E-state index in [0.29, 0.717) is 6.42 Å². The fourth-order valence-electron chi connectivity index (χ4n) is 2.58. The average molecular weight is 359 g/mol. The first-order valence-corrected chi connectivity index (χ1v) is 9.06. The van der Waals surface area contributed by atoms with Crippen LogP contribution in [0.1, 0.15) is 37.0 Å². The molecule has 0 radical (unpaired) electrons. The molecule has 1 aliphatic rings. The molecular weight excluding hydrogens is 336 g/mol. The van der Waals surface area contributed by atoms with Crippen molar-refractivity contribution in [1.82, 2.24) is 10.6 Å². The zero-order valence-electron chi connectivity index (χ0n) is 11.8.